The number of rotatable bonds is 10. The molecule has 0 amide bonds. The fourth-order valence-corrected chi connectivity index (χ4v) is 2.77. The maximum atomic E-state index is 9.92. The van der Waals surface area contributed by atoms with Crippen molar-refractivity contribution in [1.29, 1.82) is 0 Å². The van der Waals surface area contributed by atoms with Gasteiger partial charge in [-0.1, -0.05) is 19.8 Å². The van der Waals surface area contributed by atoms with Crippen LogP contribution in [-0.2, 0) is 4.74 Å². The Morgan fingerprint density at radius 2 is 2.00 bits per heavy atom. The van der Waals surface area contributed by atoms with Crippen LogP contribution in [0.2, 0.25) is 0 Å². The molecule has 0 bridgehead atoms. The molecule has 3 unspecified atom stereocenters. The van der Waals surface area contributed by atoms with E-state index in [1.807, 2.05) is 0 Å². The number of nitrogens with zero attached hydrogens (tertiary/aromatic N) is 1. The Bertz CT molecular complexity index is 237. The molecule has 0 aromatic carbocycles. The fourth-order valence-electron chi connectivity index (χ4n) is 2.77. The third kappa shape index (κ3) is 8.20. The largest absolute Gasteiger partial charge is 0.389 e. The van der Waals surface area contributed by atoms with Crippen molar-refractivity contribution in [2.75, 3.05) is 40.3 Å². The van der Waals surface area contributed by atoms with Gasteiger partial charge >= 0.3 is 0 Å². The molecule has 2 N–H and O–H groups in total. The van der Waals surface area contributed by atoms with E-state index >= 15 is 0 Å². The zero-order valence-corrected chi connectivity index (χ0v) is 13.6. The molecule has 0 saturated heterocycles. The molecule has 1 aliphatic rings. The second kappa shape index (κ2) is 10.6. The summed E-state index contributed by atoms with van der Waals surface area (Å²) in [7, 11) is 4.20. The number of nitrogens with one attached hydrogen (secondary N) is 1. The number of ether oxygens (including phenoxy) is 1. The van der Waals surface area contributed by atoms with E-state index in [1.54, 1.807) is 0 Å². The maximum absolute atomic E-state index is 9.92. The molecule has 4 heteroatoms. The van der Waals surface area contributed by atoms with Crippen LogP contribution < -0.4 is 5.32 Å². The molecular weight excluding hydrogens is 252 g/mol. The summed E-state index contributed by atoms with van der Waals surface area (Å²) in [5.74, 6) is 0.648. The number of hydrogen-bond acceptors (Lipinski definition) is 4. The summed E-state index contributed by atoms with van der Waals surface area (Å²) in [4.78, 5) is 2.20. The molecule has 1 saturated carbocycles. The van der Waals surface area contributed by atoms with Gasteiger partial charge in [-0.25, -0.2) is 0 Å². The standard InChI is InChI=1S/C16H34N2O2/c1-14-8-4-5-9-16(14)20-13-15(19)12-17-10-6-7-11-18(2)3/h14-17,19H,4-13H2,1-3H3. The zero-order chi connectivity index (χ0) is 14.8. The van der Waals surface area contributed by atoms with Gasteiger partial charge in [0.05, 0.1) is 18.8 Å². The van der Waals surface area contributed by atoms with Gasteiger partial charge in [0.1, 0.15) is 0 Å². The van der Waals surface area contributed by atoms with Crippen molar-refractivity contribution in [1.82, 2.24) is 10.2 Å². The highest BCUT2D eigenvalue weighted by atomic mass is 16.5. The number of aliphatic hydroxyl groups is 1. The Balaban J connectivity index is 1.96. The zero-order valence-electron chi connectivity index (χ0n) is 13.6. The molecular formula is C16H34N2O2. The number of aliphatic hydroxyl groups excluding tert-OH is 1. The van der Waals surface area contributed by atoms with Gasteiger partial charge in [0.15, 0.2) is 0 Å². The predicted molar refractivity (Wildman–Crippen MR) is 84.0 cm³/mol. The van der Waals surface area contributed by atoms with Gasteiger partial charge < -0.3 is 20.1 Å². The van der Waals surface area contributed by atoms with E-state index in [0.717, 1.165) is 25.9 Å². The molecule has 1 aliphatic carbocycles. The van der Waals surface area contributed by atoms with Crippen LogP contribution >= 0.6 is 0 Å². The Kier molecular flexibility index (Phi) is 9.44. The molecule has 1 fully saturated rings. The third-order valence-corrected chi connectivity index (χ3v) is 4.12. The average Bonchev–Trinajstić information content (AvgIpc) is 2.41. The maximum Gasteiger partial charge on any atom is 0.0897 e. The van der Waals surface area contributed by atoms with Gasteiger partial charge in [0.25, 0.3) is 0 Å². The Morgan fingerprint density at radius 3 is 2.70 bits per heavy atom. The Labute approximate surface area is 124 Å². The average molecular weight is 286 g/mol. The lowest BCUT2D eigenvalue weighted by atomic mass is 9.88. The van der Waals surface area contributed by atoms with Crippen LogP contribution in [0.4, 0.5) is 0 Å². The quantitative estimate of drug-likeness (QED) is 0.602. The molecule has 0 spiro atoms. The van der Waals surface area contributed by atoms with E-state index in [0.29, 0.717) is 25.2 Å². The van der Waals surface area contributed by atoms with E-state index < -0.39 is 0 Å². The minimum Gasteiger partial charge on any atom is -0.389 e. The molecule has 0 aliphatic heterocycles. The SMILES string of the molecule is CC1CCCCC1OCC(O)CNCCCCN(C)C. The van der Waals surface area contributed by atoms with Gasteiger partial charge in [-0.15, -0.1) is 0 Å². The second-order valence-electron chi connectivity index (χ2n) is 6.50. The van der Waals surface area contributed by atoms with E-state index in [4.69, 9.17) is 4.74 Å². The first-order chi connectivity index (χ1) is 9.59. The van der Waals surface area contributed by atoms with Crippen molar-refractivity contribution >= 4 is 0 Å². The number of unbranched alkanes of at least 4 members (excludes halogenated alkanes) is 1. The highest BCUT2D eigenvalue weighted by molar-refractivity contribution is 4.73. The van der Waals surface area contributed by atoms with Crippen LogP contribution in [0.15, 0.2) is 0 Å². The van der Waals surface area contributed by atoms with Gasteiger partial charge in [0.2, 0.25) is 0 Å². The summed E-state index contributed by atoms with van der Waals surface area (Å²) in [5.41, 5.74) is 0. The van der Waals surface area contributed by atoms with Crippen LogP contribution in [-0.4, -0.2) is 62.6 Å². The van der Waals surface area contributed by atoms with E-state index in [2.05, 4.69) is 31.2 Å². The minimum atomic E-state index is -0.377. The summed E-state index contributed by atoms with van der Waals surface area (Å²) in [5, 5.41) is 13.2. The van der Waals surface area contributed by atoms with Crippen LogP contribution in [0, 0.1) is 5.92 Å². The van der Waals surface area contributed by atoms with Crippen molar-refractivity contribution in [2.24, 2.45) is 5.92 Å². The first kappa shape index (κ1) is 17.9. The van der Waals surface area contributed by atoms with E-state index in [9.17, 15) is 5.11 Å². The third-order valence-electron chi connectivity index (χ3n) is 4.12. The molecule has 120 valence electrons. The highest BCUT2D eigenvalue weighted by Crippen LogP contribution is 2.26. The molecule has 0 heterocycles. The molecule has 0 aromatic rings. The van der Waals surface area contributed by atoms with Crippen molar-refractivity contribution in [3.8, 4) is 0 Å². The van der Waals surface area contributed by atoms with Crippen LogP contribution in [0.1, 0.15) is 45.4 Å². The number of hydrogen-bond donors (Lipinski definition) is 2. The molecule has 20 heavy (non-hydrogen) atoms. The van der Waals surface area contributed by atoms with Crippen LogP contribution in [0.3, 0.4) is 0 Å². The summed E-state index contributed by atoms with van der Waals surface area (Å²) < 4.78 is 5.87. The fraction of sp³-hybridized carbons (Fsp3) is 1.00. The summed E-state index contributed by atoms with van der Waals surface area (Å²) in [6.45, 7) is 5.49. The monoisotopic (exact) mass is 286 g/mol. The van der Waals surface area contributed by atoms with Crippen molar-refractivity contribution in [3.05, 3.63) is 0 Å². The lowest BCUT2D eigenvalue weighted by Crippen LogP contribution is -2.34. The first-order valence-corrected chi connectivity index (χ1v) is 8.24. The summed E-state index contributed by atoms with van der Waals surface area (Å²) >= 11 is 0. The van der Waals surface area contributed by atoms with Crippen LogP contribution in [0.5, 0.6) is 0 Å². The van der Waals surface area contributed by atoms with Gasteiger partial charge in [-0.3, -0.25) is 0 Å². The topological polar surface area (TPSA) is 44.7 Å². The van der Waals surface area contributed by atoms with E-state index in [-0.39, 0.29) is 6.10 Å². The van der Waals surface area contributed by atoms with Gasteiger partial charge in [-0.2, -0.15) is 0 Å². The summed E-state index contributed by atoms with van der Waals surface area (Å²) in [6.07, 6.45) is 7.37. The Hall–Kier alpha value is -0.160. The minimum absolute atomic E-state index is 0.360. The van der Waals surface area contributed by atoms with Crippen molar-refractivity contribution in [3.63, 3.8) is 0 Å². The molecule has 0 radical (unpaired) electrons. The molecule has 1 rings (SSSR count). The Morgan fingerprint density at radius 1 is 1.25 bits per heavy atom. The van der Waals surface area contributed by atoms with Crippen molar-refractivity contribution in [2.45, 2.75) is 57.7 Å². The van der Waals surface area contributed by atoms with Gasteiger partial charge in [0, 0.05) is 6.54 Å². The molecule has 0 aromatic heterocycles. The van der Waals surface area contributed by atoms with Crippen LogP contribution in [0.25, 0.3) is 0 Å². The lowest BCUT2D eigenvalue weighted by Gasteiger charge is -2.29. The van der Waals surface area contributed by atoms with E-state index in [1.165, 1.54) is 25.7 Å². The smallest absolute Gasteiger partial charge is 0.0897 e. The normalized spacial score (nSPS) is 25.1. The van der Waals surface area contributed by atoms with Crippen molar-refractivity contribution < 1.29 is 9.84 Å². The van der Waals surface area contributed by atoms with Gasteiger partial charge in [-0.05, 0) is 58.8 Å². The second-order valence-corrected chi connectivity index (χ2v) is 6.50. The summed E-state index contributed by atoms with van der Waals surface area (Å²) in [6, 6.07) is 0. The molecule has 3 atom stereocenters. The molecule has 4 nitrogen and oxygen atoms in total. The lowest BCUT2D eigenvalue weighted by molar-refractivity contribution is -0.0451. The first-order valence-electron chi connectivity index (χ1n) is 8.24. The highest BCUT2D eigenvalue weighted by Gasteiger charge is 2.22. The predicted octanol–water partition coefficient (Wildman–Crippen LogP) is 1.87.